The molecule has 1 unspecified atom stereocenters. The number of aromatic nitrogens is 4. The van der Waals surface area contributed by atoms with Crippen molar-refractivity contribution in [3.05, 3.63) is 32.5 Å². The van der Waals surface area contributed by atoms with Gasteiger partial charge in [-0.15, -0.1) is 0 Å². The number of aryl methyl sites for hydroxylation is 1. The summed E-state index contributed by atoms with van der Waals surface area (Å²) < 4.78 is 5.17. The van der Waals surface area contributed by atoms with Crippen LogP contribution in [0.1, 0.15) is 26.7 Å². The average Bonchev–Trinajstić information content (AvgIpc) is 3.37. The van der Waals surface area contributed by atoms with Crippen LogP contribution in [0.25, 0.3) is 11.2 Å². The number of allylic oxidation sites excluding steroid dienone is 2. The molecular weight excluding hydrogens is 332 g/mol. The highest BCUT2D eigenvalue weighted by atomic mass is 16.2. The summed E-state index contributed by atoms with van der Waals surface area (Å²) in [5.41, 5.74) is 7.32. The van der Waals surface area contributed by atoms with E-state index in [4.69, 9.17) is 10.7 Å². The molecule has 3 rings (SSSR count). The highest BCUT2D eigenvalue weighted by Crippen LogP contribution is 2.37. The standard InChI is InChI=1S/C18H29N6O2/c1-12(2)8-10-23-14-15(21(3)18(26)22(4)16(14)25)20-17(23)24(5,11-9-19)13-6-7-13/h8,13H,6-7,9-11,19H2,1-5H3/q+1. The van der Waals surface area contributed by atoms with Crippen LogP contribution in [-0.4, -0.2) is 44.9 Å². The number of nitrogens with two attached hydrogens (primary N) is 1. The fourth-order valence-electron chi connectivity index (χ4n) is 3.63. The Morgan fingerprint density at radius 3 is 2.46 bits per heavy atom. The molecule has 0 aliphatic heterocycles. The molecule has 1 fully saturated rings. The summed E-state index contributed by atoms with van der Waals surface area (Å²) in [6.07, 6.45) is 4.33. The maximum atomic E-state index is 12.9. The third kappa shape index (κ3) is 2.83. The smallest absolute Gasteiger partial charge is 0.326 e. The van der Waals surface area contributed by atoms with Crippen molar-refractivity contribution in [3.63, 3.8) is 0 Å². The van der Waals surface area contributed by atoms with E-state index in [2.05, 4.69) is 13.1 Å². The van der Waals surface area contributed by atoms with Crippen LogP contribution < -0.4 is 21.5 Å². The monoisotopic (exact) mass is 361 g/mol. The zero-order chi connectivity index (χ0) is 19.2. The van der Waals surface area contributed by atoms with E-state index >= 15 is 0 Å². The van der Waals surface area contributed by atoms with Gasteiger partial charge in [0.25, 0.3) is 5.56 Å². The first kappa shape index (κ1) is 18.6. The van der Waals surface area contributed by atoms with Gasteiger partial charge >= 0.3 is 11.6 Å². The Balaban J connectivity index is 2.38. The molecule has 1 aliphatic rings. The molecule has 1 aliphatic carbocycles. The van der Waals surface area contributed by atoms with Gasteiger partial charge in [-0.25, -0.2) is 4.79 Å². The summed E-state index contributed by atoms with van der Waals surface area (Å²) >= 11 is 0. The normalized spacial score (nSPS) is 16.7. The van der Waals surface area contributed by atoms with E-state index in [1.807, 2.05) is 18.4 Å². The van der Waals surface area contributed by atoms with Crippen molar-refractivity contribution in [2.24, 2.45) is 19.8 Å². The van der Waals surface area contributed by atoms with Crippen LogP contribution in [0.15, 0.2) is 21.2 Å². The summed E-state index contributed by atoms with van der Waals surface area (Å²) in [6.45, 7) is 5.89. The maximum Gasteiger partial charge on any atom is 0.332 e. The van der Waals surface area contributed by atoms with Gasteiger partial charge in [-0.05, 0) is 13.8 Å². The van der Waals surface area contributed by atoms with E-state index in [1.165, 1.54) is 17.2 Å². The Labute approximate surface area is 152 Å². The molecule has 1 saturated carbocycles. The fourth-order valence-corrected chi connectivity index (χ4v) is 3.63. The Bertz CT molecular complexity index is 988. The minimum absolute atomic E-state index is 0.306. The second kappa shape index (κ2) is 6.51. The molecule has 2 N–H and O–H groups in total. The molecule has 0 bridgehead atoms. The van der Waals surface area contributed by atoms with Crippen LogP contribution >= 0.6 is 0 Å². The molecule has 0 amide bonds. The predicted molar refractivity (Wildman–Crippen MR) is 104 cm³/mol. The second-order valence-corrected chi connectivity index (χ2v) is 7.69. The maximum absolute atomic E-state index is 12.9. The van der Waals surface area contributed by atoms with Crippen molar-refractivity contribution >= 4 is 17.1 Å². The van der Waals surface area contributed by atoms with Gasteiger partial charge in [-0.1, -0.05) is 11.6 Å². The molecule has 0 saturated heterocycles. The number of rotatable bonds is 6. The van der Waals surface area contributed by atoms with E-state index in [0.717, 1.165) is 29.9 Å². The van der Waals surface area contributed by atoms with Crippen molar-refractivity contribution < 1.29 is 0 Å². The molecule has 0 aromatic carbocycles. The van der Waals surface area contributed by atoms with Gasteiger partial charge in [0.05, 0.1) is 19.6 Å². The molecule has 8 nitrogen and oxygen atoms in total. The van der Waals surface area contributed by atoms with Crippen LogP contribution in [0.2, 0.25) is 0 Å². The number of quaternary nitrogens is 1. The largest absolute Gasteiger partial charge is 0.332 e. The first-order valence-corrected chi connectivity index (χ1v) is 9.07. The Morgan fingerprint density at radius 1 is 1.27 bits per heavy atom. The van der Waals surface area contributed by atoms with E-state index in [0.29, 0.717) is 34.8 Å². The van der Waals surface area contributed by atoms with Crippen LogP contribution in [0.3, 0.4) is 0 Å². The lowest BCUT2D eigenvalue weighted by Gasteiger charge is -2.32. The molecule has 2 heterocycles. The van der Waals surface area contributed by atoms with Crippen LogP contribution in [0, 0.1) is 0 Å². The summed E-state index contributed by atoms with van der Waals surface area (Å²) in [7, 11) is 5.31. The minimum Gasteiger partial charge on any atom is -0.326 e. The van der Waals surface area contributed by atoms with Gasteiger partial charge in [0.15, 0.2) is 11.2 Å². The van der Waals surface area contributed by atoms with Crippen LogP contribution in [0.5, 0.6) is 0 Å². The number of nitrogens with zero attached hydrogens (tertiary/aromatic N) is 5. The lowest BCUT2D eigenvalue weighted by Crippen LogP contribution is -2.52. The Kier molecular flexibility index (Phi) is 4.66. The van der Waals surface area contributed by atoms with Crippen molar-refractivity contribution in [1.29, 1.82) is 0 Å². The van der Waals surface area contributed by atoms with Gasteiger partial charge in [0.2, 0.25) is 0 Å². The quantitative estimate of drug-likeness (QED) is 0.598. The molecule has 0 radical (unpaired) electrons. The molecule has 8 heteroatoms. The SMILES string of the molecule is CC(C)=CCn1c([N+](C)(CCN)C2CC2)nc2c1c(=O)n(C)c(=O)n2C. The number of likely N-dealkylation sites (N-methyl/N-ethyl adjacent to an activating group) is 1. The lowest BCUT2D eigenvalue weighted by atomic mass is 10.3. The average molecular weight is 361 g/mol. The number of hydrogen-bond donors (Lipinski definition) is 1. The zero-order valence-electron chi connectivity index (χ0n) is 16.3. The Hall–Kier alpha value is -2.19. The summed E-state index contributed by atoms with van der Waals surface area (Å²) in [5.74, 6) is 0.809. The minimum atomic E-state index is -0.361. The Morgan fingerprint density at radius 2 is 1.92 bits per heavy atom. The van der Waals surface area contributed by atoms with Crippen LogP contribution in [0.4, 0.5) is 5.95 Å². The van der Waals surface area contributed by atoms with Gasteiger partial charge in [-0.3, -0.25) is 23.0 Å². The van der Waals surface area contributed by atoms with E-state index in [1.54, 1.807) is 7.05 Å². The number of hydrogen-bond acceptors (Lipinski definition) is 4. The van der Waals surface area contributed by atoms with E-state index in [-0.39, 0.29) is 11.2 Å². The zero-order valence-corrected chi connectivity index (χ0v) is 16.3. The highest BCUT2D eigenvalue weighted by Gasteiger charge is 2.46. The van der Waals surface area contributed by atoms with Gasteiger partial charge in [0.1, 0.15) is 0 Å². The van der Waals surface area contributed by atoms with Crippen molar-refractivity contribution in [2.75, 3.05) is 20.1 Å². The molecule has 0 spiro atoms. The molecule has 142 valence electrons. The molecule has 1 atom stereocenters. The highest BCUT2D eigenvalue weighted by molar-refractivity contribution is 5.74. The second-order valence-electron chi connectivity index (χ2n) is 7.69. The molecular formula is C18H29N6O2+. The lowest BCUT2D eigenvalue weighted by molar-refractivity contribution is 0.303. The van der Waals surface area contributed by atoms with E-state index < -0.39 is 0 Å². The fraction of sp³-hybridized carbons (Fsp3) is 0.611. The first-order chi connectivity index (χ1) is 12.2. The molecule has 2 aromatic rings. The first-order valence-electron chi connectivity index (χ1n) is 9.07. The van der Waals surface area contributed by atoms with Crippen molar-refractivity contribution in [3.8, 4) is 0 Å². The number of fused-ring (bicyclic) bond motifs is 1. The summed E-state index contributed by atoms with van der Waals surface area (Å²) in [6, 6.07) is 0.460. The summed E-state index contributed by atoms with van der Waals surface area (Å²) in [5, 5.41) is 0. The van der Waals surface area contributed by atoms with Crippen LogP contribution in [-0.2, 0) is 20.6 Å². The van der Waals surface area contributed by atoms with E-state index in [9.17, 15) is 9.59 Å². The molecule has 26 heavy (non-hydrogen) atoms. The third-order valence-electron chi connectivity index (χ3n) is 5.41. The topological polar surface area (TPSA) is 87.8 Å². The summed E-state index contributed by atoms with van der Waals surface area (Å²) in [4.78, 5) is 30.0. The van der Waals surface area contributed by atoms with Gasteiger partial charge in [-0.2, -0.15) is 4.98 Å². The molecule has 2 aromatic heterocycles. The third-order valence-corrected chi connectivity index (χ3v) is 5.41. The van der Waals surface area contributed by atoms with Gasteiger partial charge < -0.3 is 5.73 Å². The predicted octanol–water partition coefficient (Wildman–Crippen LogP) is 0.458. The van der Waals surface area contributed by atoms with Crippen molar-refractivity contribution in [2.45, 2.75) is 39.3 Å². The number of imidazole rings is 1. The van der Waals surface area contributed by atoms with Gasteiger partial charge in [0, 0.05) is 40.0 Å². The van der Waals surface area contributed by atoms with Crippen molar-refractivity contribution in [1.82, 2.24) is 23.2 Å².